The Labute approximate surface area is 109 Å². The molecule has 1 atom stereocenters. The summed E-state index contributed by atoms with van der Waals surface area (Å²) in [6.07, 6.45) is 1.06. The van der Waals surface area contributed by atoms with Crippen molar-refractivity contribution in [3.8, 4) is 0 Å². The summed E-state index contributed by atoms with van der Waals surface area (Å²) in [5.41, 5.74) is 2.11. The van der Waals surface area contributed by atoms with Gasteiger partial charge >= 0.3 is 0 Å². The van der Waals surface area contributed by atoms with Gasteiger partial charge in [0.2, 0.25) is 11.8 Å². The van der Waals surface area contributed by atoms with Crippen LogP contribution in [-0.4, -0.2) is 41.9 Å². The fourth-order valence-corrected chi connectivity index (χ4v) is 1.73. The van der Waals surface area contributed by atoms with E-state index in [2.05, 4.69) is 10.7 Å². The Morgan fingerprint density at radius 3 is 2.28 bits per heavy atom. The summed E-state index contributed by atoms with van der Waals surface area (Å²) >= 11 is 0. The number of nitrogens with two attached hydrogens (primary N) is 1. The fraction of sp³-hybridized carbons (Fsp3) is 0.833. The van der Waals surface area contributed by atoms with E-state index in [0.717, 1.165) is 6.54 Å². The van der Waals surface area contributed by atoms with Gasteiger partial charge in [-0.15, -0.1) is 0 Å². The van der Waals surface area contributed by atoms with E-state index >= 15 is 0 Å². The molecule has 6 nitrogen and oxygen atoms in total. The third-order valence-corrected chi connectivity index (χ3v) is 2.78. The zero-order valence-corrected chi connectivity index (χ0v) is 11.8. The predicted octanol–water partition coefficient (Wildman–Crippen LogP) is -0.00850. The highest BCUT2D eigenvalue weighted by atomic mass is 16.2. The molecule has 0 fully saturated rings. The van der Waals surface area contributed by atoms with Gasteiger partial charge in [0.25, 0.3) is 0 Å². The van der Waals surface area contributed by atoms with Crippen molar-refractivity contribution in [2.45, 2.75) is 52.6 Å². The second-order valence-electron chi connectivity index (χ2n) is 4.74. The van der Waals surface area contributed by atoms with Crippen molar-refractivity contribution in [3.63, 3.8) is 0 Å². The topological polar surface area (TPSA) is 87.5 Å². The van der Waals surface area contributed by atoms with Gasteiger partial charge in [0.15, 0.2) is 0 Å². The Morgan fingerprint density at radius 2 is 1.83 bits per heavy atom. The van der Waals surface area contributed by atoms with E-state index in [-0.39, 0.29) is 23.9 Å². The number of likely N-dealkylation sites (N-methyl/N-ethyl adjacent to an activating group) is 1. The lowest BCUT2D eigenvalue weighted by atomic mass is 10.1. The highest BCUT2D eigenvalue weighted by molar-refractivity contribution is 5.78. The van der Waals surface area contributed by atoms with Gasteiger partial charge in [-0.25, -0.2) is 5.84 Å². The van der Waals surface area contributed by atoms with Crippen molar-refractivity contribution in [1.29, 1.82) is 0 Å². The van der Waals surface area contributed by atoms with Crippen LogP contribution in [-0.2, 0) is 9.59 Å². The Kier molecular flexibility index (Phi) is 8.32. The molecule has 0 aromatic rings. The number of amides is 2. The van der Waals surface area contributed by atoms with E-state index in [1.165, 1.54) is 0 Å². The number of nitrogens with one attached hydrogen (secondary N) is 2. The minimum Gasteiger partial charge on any atom is -0.353 e. The van der Waals surface area contributed by atoms with Gasteiger partial charge in [0.05, 0.1) is 6.54 Å². The molecule has 6 heteroatoms. The maximum absolute atomic E-state index is 11.7. The first-order valence-corrected chi connectivity index (χ1v) is 6.43. The lowest BCUT2D eigenvalue weighted by Gasteiger charge is -2.27. The van der Waals surface area contributed by atoms with E-state index < -0.39 is 0 Å². The van der Waals surface area contributed by atoms with Crippen LogP contribution in [0.3, 0.4) is 0 Å². The summed E-state index contributed by atoms with van der Waals surface area (Å²) in [6, 6.07) is 0.319. The summed E-state index contributed by atoms with van der Waals surface area (Å²) in [5, 5.41) is 2.86. The second kappa shape index (κ2) is 8.88. The molecule has 0 rings (SSSR count). The summed E-state index contributed by atoms with van der Waals surface area (Å²) < 4.78 is 0. The van der Waals surface area contributed by atoms with Crippen LogP contribution in [0, 0.1) is 0 Å². The van der Waals surface area contributed by atoms with E-state index in [4.69, 9.17) is 5.84 Å². The monoisotopic (exact) mass is 258 g/mol. The first-order valence-electron chi connectivity index (χ1n) is 6.43. The summed E-state index contributed by atoms with van der Waals surface area (Å²) in [4.78, 5) is 24.8. The maximum Gasteiger partial charge on any atom is 0.234 e. The molecule has 0 aliphatic carbocycles. The normalized spacial score (nSPS) is 12.6. The van der Waals surface area contributed by atoms with Gasteiger partial charge in [-0.1, -0.05) is 6.92 Å². The van der Waals surface area contributed by atoms with Crippen molar-refractivity contribution in [3.05, 3.63) is 0 Å². The van der Waals surface area contributed by atoms with Crippen LogP contribution < -0.4 is 16.6 Å². The summed E-state index contributed by atoms with van der Waals surface area (Å²) in [5.74, 6) is 4.86. The van der Waals surface area contributed by atoms with E-state index in [0.29, 0.717) is 19.4 Å². The Balaban J connectivity index is 4.14. The van der Waals surface area contributed by atoms with Crippen molar-refractivity contribution >= 4 is 11.8 Å². The van der Waals surface area contributed by atoms with Crippen LogP contribution in [0.15, 0.2) is 0 Å². The van der Waals surface area contributed by atoms with E-state index in [9.17, 15) is 9.59 Å². The minimum absolute atomic E-state index is 0.0157. The predicted molar refractivity (Wildman–Crippen MR) is 71.6 cm³/mol. The molecule has 0 spiro atoms. The molecule has 18 heavy (non-hydrogen) atoms. The summed E-state index contributed by atoms with van der Waals surface area (Å²) in [6.45, 7) is 9.02. The molecule has 0 aromatic heterocycles. The molecule has 0 bridgehead atoms. The number of hydrogen-bond acceptors (Lipinski definition) is 4. The molecule has 0 radical (unpaired) electrons. The van der Waals surface area contributed by atoms with Gasteiger partial charge in [-0.05, 0) is 33.7 Å². The standard InChI is InChI=1S/C12H26N4O2/c1-5-16(8-12(18)14-9(2)3)10(4)6-7-11(17)15-13/h9-10H,5-8,13H2,1-4H3,(H,14,18)(H,15,17). The molecule has 0 aliphatic rings. The van der Waals surface area contributed by atoms with Crippen molar-refractivity contribution in [2.24, 2.45) is 5.84 Å². The number of nitrogens with zero attached hydrogens (tertiary/aromatic N) is 1. The Bertz CT molecular complexity index is 269. The van der Waals surface area contributed by atoms with Crippen molar-refractivity contribution in [1.82, 2.24) is 15.6 Å². The molecule has 4 N–H and O–H groups in total. The Hall–Kier alpha value is -1.14. The van der Waals surface area contributed by atoms with Gasteiger partial charge in [-0.3, -0.25) is 19.9 Å². The van der Waals surface area contributed by atoms with Crippen LogP contribution in [0.5, 0.6) is 0 Å². The molecular formula is C12H26N4O2. The second-order valence-corrected chi connectivity index (χ2v) is 4.74. The molecule has 0 saturated heterocycles. The zero-order valence-electron chi connectivity index (χ0n) is 11.8. The Morgan fingerprint density at radius 1 is 1.22 bits per heavy atom. The zero-order chi connectivity index (χ0) is 14.1. The van der Waals surface area contributed by atoms with E-state index in [1.54, 1.807) is 0 Å². The highest BCUT2D eigenvalue weighted by Gasteiger charge is 2.16. The maximum atomic E-state index is 11.7. The van der Waals surface area contributed by atoms with Crippen LogP contribution in [0.2, 0.25) is 0 Å². The van der Waals surface area contributed by atoms with Crippen LogP contribution in [0.1, 0.15) is 40.5 Å². The highest BCUT2D eigenvalue weighted by Crippen LogP contribution is 2.06. The lowest BCUT2D eigenvalue weighted by molar-refractivity contribution is -0.123. The quantitative estimate of drug-likeness (QED) is 0.325. The smallest absolute Gasteiger partial charge is 0.234 e. The minimum atomic E-state index is -0.176. The first kappa shape index (κ1) is 16.9. The van der Waals surface area contributed by atoms with Gasteiger partial charge < -0.3 is 5.32 Å². The lowest BCUT2D eigenvalue weighted by Crippen LogP contribution is -2.44. The van der Waals surface area contributed by atoms with E-state index in [1.807, 2.05) is 32.6 Å². The van der Waals surface area contributed by atoms with Crippen LogP contribution >= 0.6 is 0 Å². The van der Waals surface area contributed by atoms with Gasteiger partial charge in [0, 0.05) is 18.5 Å². The van der Waals surface area contributed by atoms with Crippen molar-refractivity contribution in [2.75, 3.05) is 13.1 Å². The SMILES string of the molecule is CCN(CC(=O)NC(C)C)C(C)CCC(=O)NN. The third-order valence-electron chi connectivity index (χ3n) is 2.78. The average Bonchev–Trinajstić information content (AvgIpc) is 2.31. The molecule has 1 unspecified atom stereocenters. The van der Waals surface area contributed by atoms with Gasteiger partial charge in [0.1, 0.15) is 0 Å². The molecule has 0 saturated carbocycles. The molecule has 2 amide bonds. The number of hydrogen-bond donors (Lipinski definition) is 3. The summed E-state index contributed by atoms with van der Waals surface area (Å²) in [7, 11) is 0. The molecular weight excluding hydrogens is 232 g/mol. The number of carbonyl (C=O) groups excluding carboxylic acids is 2. The van der Waals surface area contributed by atoms with Gasteiger partial charge in [-0.2, -0.15) is 0 Å². The fourth-order valence-electron chi connectivity index (χ4n) is 1.73. The van der Waals surface area contributed by atoms with Crippen LogP contribution in [0.4, 0.5) is 0 Å². The number of hydrazine groups is 1. The number of carbonyl (C=O) groups is 2. The molecule has 0 aromatic carbocycles. The third kappa shape index (κ3) is 7.24. The van der Waals surface area contributed by atoms with Crippen LogP contribution in [0.25, 0.3) is 0 Å². The largest absolute Gasteiger partial charge is 0.353 e. The molecule has 0 heterocycles. The van der Waals surface area contributed by atoms with Crippen molar-refractivity contribution < 1.29 is 9.59 Å². The average molecular weight is 258 g/mol. The molecule has 106 valence electrons. The number of rotatable bonds is 8. The first-order chi connectivity index (χ1) is 8.40. The molecule has 0 aliphatic heterocycles.